The van der Waals surface area contributed by atoms with Gasteiger partial charge in [-0.2, -0.15) is 0 Å². The molecule has 0 bridgehead atoms. The minimum absolute atomic E-state index is 0.0225. The molecule has 4 rings (SSSR count). The Morgan fingerprint density at radius 3 is 2.27 bits per heavy atom. The van der Waals surface area contributed by atoms with Gasteiger partial charge in [0.1, 0.15) is 0 Å². The van der Waals surface area contributed by atoms with Crippen LogP contribution in [0.25, 0.3) is 0 Å². The molecule has 2 aliphatic rings. The SMILES string of the molecule is C[C@H]1[C@@H](CN2CC[C@H](O)C2)O[C@@H](c2ccc(CN)cc2)O[C@H]1c1ccc(CO)cc1. The molecule has 2 aromatic rings. The molecule has 162 valence electrons. The van der Waals surface area contributed by atoms with Crippen LogP contribution in [0.1, 0.15) is 48.0 Å². The molecule has 30 heavy (non-hydrogen) atoms. The minimum atomic E-state index is -0.465. The molecule has 0 aromatic heterocycles. The highest BCUT2D eigenvalue weighted by Crippen LogP contribution is 2.42. The number of aliphatic hydroxyl groups is 2. The summed E-state index contributed by atoms with van der Waals surface area (Å²) in [4.78, 5) is 2.28. The molecule has 0 amide bonds. The van der Waals surface area contributed by atoms with Crippen molar-refractivity contribution in [3.8, 4) is 0 Å². The van der Waals surface area contributed by atoms with Crippen molar-refractivity contribution in [2.75, 3.05) is 19.6 Å². The summed E-state index contributed by atoms with van der Waals surface area (Å²) in [6, 6.07) is 16.0. The molecule has 2 fully saturated rings. The first-order valence-electron chi connectivity index (χ1n) is 10.8. The van der Waals surface area contributed by atoms with E-state index < -0.39 is 6.29 Å². The van der Waals surface area contributed by atoms with E-state index in [4.69, 9.17) is 15.2 Å². The number of rotatable bonds is 6. The van der Waals surface area contributed by atoms with Gasteiger partial charge < -0.3 is 25.4 Å². The van der Waals surface area contributed by atoms with Crippen molar-refractivity contribution in [3.05, 3.63) is 70.8 Å². The molecule has 4 N–H and O–H groups in total. The summed E-state index contributed by atoms with van der Waals surface area (Å²) >= 11 is 0. The molecule has 0 radical (unpaired) electrons. The van der Waals surface area contributed by atoms with Crippen molar-refractivity contribution in [2.45, 2.75) is 51.1 Å². The molecule has 0 aliphatic carbocycles. The van der Waals surface area contributed by atoms with Gasteiger partial charge in [-0.1, -0.05) is 55.5 Å². The lowest BCUT2D eigenvalue weighted by Crippen LogP contribution is -2.44. The Kier molecular flexibility index (Phi) is 6.83. The second-order valence-electron chi connectivity index (χ2n) is 8.47. The van der Waals surface area contributed by atoms with Gasteiger partial charge in [-0.25, -0.2) is 0 Å². The lowest BCUT2D eigenvalue weighted by molar-refractivity contribution is -0.276. The molecule has 6 heteroatoms. The summed E-state index contributed by atoms with van der Waals surface area (Å²) in [6.07, 6.45) is -0.0447. The number of ether oxygens (including phenoxy) is 2. The van der Waals surface area contributed by atoms with Crippen molar-refractivity contribution in [1.29, 1.82) is 0 Å². The van der Waals surface area contributed by atoms with Crippen LogP contribution in [0.5, 0.6) is 0 Å². The third-order valence-electron chi connectivity index (χ3n) is 6.30. The maximum atomic E-state index is 9.92. The quantitative estimate of drug-likeness (QED) is 0.676. The average Bonchev–Trinajstić information content (AvgIpc) is 3.20. The maximum absolute atomic E-state index is 9.92. The van der Waals surface area contributed by atoms with Gasteiger partial charge in [0.15, 0.2) is 6.29 Å². The minimum Gasteiger partial charge on any atom is -0.392 e. The van der Waals surface area contributed by atoms with E-state index in [-0.39, 0.29) is 30.8 Å². The van der Waals surface area contributed by atoms with Gasteiger partial charge >= 0.3 is 0 Å². The Hall–Kier alpha value is -1.80. The topological polar surface area (TPSA) is 88.2 Å². The molecule has 2 aromatic carbocycles. The highest BCUT2D eigenvalue weighted by Gasteiger charge is 2.39. The summed E-state index contributed by atoms with van der Waals surface area (Å²) in [6.45, 7) is 5.04. The molecule has 6 nitrogen and oxygen atoms in total. The Balaban J connectivity index is 1.58. The highest BCUT2D eigenvalue weighted by atomic mass is 16.7. The fourth-order valence-electron chi connectivity index (χ4n) is 4.37. The Labute approximate surface area is 178 Å². The van der Waals surface area contributed by atoms with E-state index >= 15 is 0 Å². The maximum Gasteiger partial charge on any atom is 0.184 e. The Bertz CT molecular complexity index is 811. The van der Waals surface area contributed by atoms with Crippen LogP contribution in [-0.2, 0) is 22.6 Å². The van der Waals surface area contributed by atoms with Gasteiger partial charge in [-0.05, 0) is 23.1 Å². The smallest absolute Gasteiger partial charge is 0.184 e. The average molecular weight is 413 g/mol. The van der Waals surface area contributed by atoms with E-state index in [2.05, 4.69) is 11.8 Å². The van der Waals surface area contributed by atoms with Crippen molar-refractivity contribution >= 4 is 0 Å². The van der Waals surface area contributed by atoms with Crippen LogP contribution < -0.4 is 5.73 Å². The van der Waals surface area contributed by atoms with Crippen LogP contribution in [0.4, 0.5) is 0 Å². The molecule has 0 spiro atoms. The number of hydrogen-bond donors (Lipinski definition) is 3. The standard InChI is InChI=1S/C24H32N2O4/c1-16-22(14-26-11-10-21(28)13-26)29-24(20-8-2-17(12-25)3-9-20)30-23(16)19-6-4-18(15-27)5-7-19/h2-9,16,21-24,27-28H,10-15,25H2,1H3/t16-,21-,22+,23+,24+/m0/s1. The molecule has 0 unspecified atom stereocenters. The first-order chi connectivity index (χ1) is 14.6. The number of benzene rings is 2. The normalized spacial score (nSPS) is 29.9. The summed E-state index contributed by atoms with van der Waals surface area (Å²) in [5.41, 5.74) is 9.75. The third kappa shape index (κ3) is 4.75. The molecule has 2 heterocycles. The number of nitrogens with two attached hydrogens (primary N) is 1. The second-order valence-corrected chi connectivity index (χ2v) is 8.47. The number of aliphatic hydroxyl groups excluding tert-OH is 2. The van der Waals surface area contributed by atoms with Crippen LogP contribution in [0.15, 0.2) is 48.5 Å². The summed E-state index contributed by atoms with van der Waals surface area (Å²) in [5.74, 6) is 0.141. The van der Waals surface area contributed by atoms with E-state index in [0.717, 1.165) is 41.8 Å². The molecular formula is C24H32N2O4. The molecule has 2 saturated heterocycles. The van der Waals surface area contributed by atoms with Crippen LogP contribution in [0.2, 0.25) is 0 Å². The van der Waals surface area contributed by atoms with E-state index in [1.54, 1.807) is 0 Å². The van der Waals surface area contributed by atoms with Crippen LogP contribution in [0.3, 0.4) is 0 Å². The van der Waals surface area contributed by atoms with Gasteiger partial charge in [0.05, 0.1) is 24.9 Å². The van der Waals surface area contributed by atoms with Crippen LogP contribution >= 0.6 is 0 Å². The van der Waals surface area contributed by atoms with E-state index in [0.29, 0.717) is 13.1 Å². The van der Waals surface area contributed by atoms with Crippen LogP contribution in [0, 0.1) is 5.92 Å². The monoisotopic (exact) mass is 412 g/mol. The largest absolute Gasteiger partial charge is 0.392 e. The molecule has 0 saturated carbocycles. The summed E-state index contributed by atoms with van der Waals surface area (Å²) < 4.78 is 12.9. The number of β-amino-alcohol motifs (C(OH)–C–C–N with tert-alkyl or cyclic N) is 1. The van der Waals surface area contributed by atoms with Crippen LogP contribution in [-0.4, -0.2) is 47.0 Å². The first kappa shape index (κ1) is 21.4. The Morgan fingerprint density at radius 1 is 1.00 bits per heavy atom. The fourth-order valence-corrected chi connectivity index (χ4v) is 4.37. The number of hydrogen-bond acceptors (Lipinski definition) is 6. The van der Waals surface area contributed by atoms with Crippen molar-refractivity contribution in [2.24, 2.45) is 11.7 Å². The molecular weight excluding hydrogens is 380 g/mol. The van der Waals surface area contributed by atoms with Gasteiger partial charge in [0, 0.05) is 37.7 Å². The zero-order valence-electron chi connectivity index (χ0n) is 17.5. The van der Waals surface area contributed by atoms with E-state index in [1.807, 2.05) is 48.5 Å². The zero-order valence-corrected chi connectivity index (χ0v) is 17.5. The van der Waals surface area contributed by atoms with E-state index in [9.17, 15) is 10.2 Å². The predicted octanol–water partition coefficient (Wildman–Crippen LogP) is 2.50. The number of nitrogens with zero attached hydrogens (tertiary/aromatic N) is 1. The third-order valence-corrected chi connectivity index (χ3v) is 6.30. The van der Waals surface area contributed by atoms with Gasteiger partial charge in [-0.15, -0.1) is 0 Å². The lowest BCUT2D eigenvalue weighted by atomic mass is 9.90. The van der Waals surface area contributed by atoms with E-state index in [1.165, 1.54) is 0 Å². The molecule has 2 aliphatic heterocycles. The fraction of sp³-hybridized carbons (Fsp3) is 0.500. The molecule has 5 atom stereocenters. The second kappa shape index (κ2) is 9.56. The number of likely N-dealkylation sites (tertiary alicyclic amines) is 1. The van der Waals surface area contributed by atoms with Crippen molar-refractivity contribution in [3.63, 3.8) is 0 Å². The summed E-state index contributed by atoms with van der Waals surface area (Å²) in [5, 5.41) is 19.3. The van der Waals surface area contributed by atoms with Gasteiger partial charge in [-0.3, -0.25) is 4.90 Å². The van der Waals surface area contributed by atoms with Gasteiger partial charge in [0.25, 0.3) is 0 Å². The first-order valence-corrected chi connectivity index (χ1v) is 10.8. The summed E-state index contributed by atoms with van der Waals surface area (Å²) in [7, 11) is 0. The Morgan fingerprint density at radius 2 is 1.67 bits per heavy atom. The van der Waals surface area contributed by atoms with Crippen molar-refractivity contribution in [1.82, 2.24) is 4.90 Å². The van der Waals surface area contributed by atoms with Gasteiger partial charge in [0.2, 0.25) is 0 Å². The van der Waals surface area contributed by atoms with Crippen molar-refractivity contribution < 1.29 is 19.7 Å². The predicted molar refractivity (Wildman–Crippen MR) is 114 cm³/mol. The lowest BCUT2D eigenvalue weighted by Gasteiger charge is -2.42. The zero-order chi connectivity index (χ0) is 21.1. The highest BCUT2D eigenvalue weighted by molar-refractivity contribution is 5.27.